The van der Waals surface area contributed by atoms with Gasteiger partial charge in [0, 0.05) is 30.3 Å². The van der Waals surface area contributed by atoms with Crippen LogP contribution in [0.4, 0.5) is 5.69 Å². The first kappa shape index (κ1) is 13.9. The van der Waals surface area contributed by atoms with Crippen molar-refractivity contribution in [3.63, 3.8) is 0 Å². The van der Waals surface area contributed by atoms with E-state index in [2.05, 4.69) is 0 Å². The number of nitrogen functional groups attached to an aromatic ring is 1. The first-order valence-electron chi connectivity index (χ1n) is 7.40. The molecule has 3 N–H and O–H groups in total. The topological polar surface area (TPSA) is 79.7 Å². The summed E-state index contributed by atoms with van der Waals surface area (Å²) in [6.07, 6.45) is 3.58. The summed E-state index contributed by atoms with van der Waals surface area (Å²) in [7, 11) is 0. The van der Waals surface area contributed by atoms with E-state index in [0.29, 0.717) is 17.0 Å². The van der Waals surface area contributed by atoms with Crippen LogP contribution in [-0.4, -0.2) is 35.1 Å². The summed E-state index contributed by atoms with van der Waals surface area (Å²) in [6.45, 7) is 0.927. The van der Waals surface area contributed by atoms with Crippen LogP contribution in [0.3, 0.4) is 0 Å². The highest BCUT2D eigenvalue weighted by Crippen LogP contribution is 2.27. The Morgan fingerprint density at radius 1 is 1.43 bits per heavy atom. The van der Waals surface area contributed by atoms with Crippen LogP contribution in [0, 0.1) is 0 Å². The highest BCUT2D eigenvalue weighted by molar-refractivity contribution is 5.96. The van der Waals surface area contributed by atoms with Gasteiger partial charge in [-0.1, -0.05) is 0 Å². The zero-order valence-corrected chi connectivity index (χ0v) is 11.9. The highest BCUT2D eigenvalue weighted by Gasteiger charge is 2.30. The molecule has 1 aromatic carbocycles. The van der Waals surface area contributed by atoms with Gasteiger partial charge in [0.15, 0.2) is 5.76 Å². The lowest BCUT2D eigenvalue weighted by atomic mass is 10.1. The van der Waals surface area contributed by atoms with E-state index < -0.39 is 0 Å². The van der Waals surface area contributed by atoms with Crippen molar-refractivity contribution in [1.29, 1.82) is 0 Å². The van der Waals surface area contributed by atoms with Crippen LogP contribution in [0.5, 0.6) is 0 Å². The lowest BCUT2D eigenvalue weighted by molar-refractivity contribution is 0.0694. The van der Waals surface area contributed by atoms with Crippen LogP contribution in [0.2, 0.25) is 0 Å². The van der Waals surface area contributed by atoms with Gasteiger partial charge in [-0.3, -0.25) is 4.79 Å². The second-order valence-corrected chi connectivity index (χ2v) is 5.57. The fraction of sp³-hybridized carbons (Fsp3) is 0.438. The van der Waals surface area contributed by atoms with E-state index in [0.717, 1.165) is 37.6 Å². The van der Waals surface area contributed by atoms with E-state index in [-0.39, 0.29) is 18.6 Å². The Bertz CT molecular complexity index is 650. The molecule has 2 aromatic rings. The van der Waals surface area contributed by atoms with Crippen molar-refractivity contribution >= 4 is 22.6 Å². The highest BCUT2D eigenvalue weighted by atomic mass is 16.3. The van der Waals surface area contributed by atoms with Crippen molar-refractivity contribution in [3.8, 4) is 0 Å². The minimum atomic E-state index is -0.0646. The van der Waals surface area contributed by atoms with Crippen molar-refractivity contribution < 1.29 is 14.3 Å². The molecular formula is C16H20N2O3. The number of nitrogens with zero attached hydrogens (tertiary/aromatic N) is 1. The van der Waals surface area contributed by atoms with Crippen molar-refractivity contribution in [2.45, 2.75) is 31.7 Å². The SMILES string of the molecule is Nc1ccc2oc(C(=O)N3CCCC3CCCO)cc2c1. The Morgan fingerprint density at radius 3 is 3.10 bits per heavy atom. The molecule has 2 heterocycles. The fourth-order valence-corrected chi connectivity index (χ4v) is 3.04. The summed E-state index contributed by atoms with van der Waals surface area (Å²) >= 11 is 0. The zero-order valence-electron chi connectivity index (χ0n) is 11.9. The molecule has 112 valence electrons. The predicted molar refractivity (Wildman–Crippen MR) is 81.0 cm³/mol. The van der Waals surface area contributed by atoms with Gasteiger partial charge in [0.2, 0.25) is 0 Å². The van der Waals surface area contributed by atoms with Crippen LogP contribution in [-0.2, 0) is 0 Å². The lowest BCUT2D eigenvalue weighted by Gasteiger charge is -2.23. The Hall–Kier alpha value is -2.01. The van der Waals surface area contributed by atoms with Gasteiger partial charge in [-0.2, -0.15) is 0 Å². The minimum absolute atomic E-state index is 0.0646. The Balaban J connectivity index is 1.82. The molecule has 0 saturated carbocycles. The molecule has 1 fully saturated rings. The Morgan fingerprint density at radius 2 is 2.29 bits per heavy atom. The molecule has 1 atom stereocenters. The molecule has 1 unspecified atom stereocenters. The molecule has 1 aliphatic rings. The van der Waals surface area contributed by atoms with Crippen LogP contribution >= 0.6 is 0 Å². The molecule has 5 heteroatoms. The number of aliphatic hydroxyl groups is 1. The van der Waals surface area contributed by atoms with E-state index in [9.17, 15) is 4.79 Å². The maximum Gasteiger partial charge on any atom is 0.289 e. The summed E-state index contributed by atoms with van der Waals surface area (Å²) in [5.41, 5.74) is 7.08. The van der Waals surface area contributed by atoms with Gasteiger partial charge < -0.3 is 20.2 Å². The molecule has 1 saturated heterocycles. The van der Waals surface area contributed by atoms with E-state index >= 15 is 0 Å². The standard InChI is InChI=1S/C16H20N2O3/c17-12-5-6-14-11(9-12)10-15(21-14)16(20)18-7-1-3-13(18)4-2-8-19/h5-6,9-10,13,19H,1-4,7-8,17H2. The lowest BCUT2D eigenvalue weighted by Crippen LogP contribution is -2.35. The molecule has 0 radical (unpaired) electrons. The summed E-state index contributed by atoms with van der Waals surface area (Å²) in [6, 6.07) is 7.33. The van der Waals surface area contributed by atoms with E-state index in [4.69, 9.17) is 15.3 Å². The summed E-state index contributed by atoms with van der Waals surface area (Å²) in [5.74, 6) is 0.303. The van der Waals surface area contributed by atoms with Gasteiger partial charge in [-0.25, -0.2) is 0 Å². The van der Waals surface area contributed by atoms with Crippen LogP contribution in [0.1, 0.15) is 36.2 Å². The maximum absolute atomic E-state index is 12.6. The fourth-order valence-electron chi connectivity index (χ4n) is 3.04. The van der Waals surface area contributed by atoms with E-state index in [1.54, 1.807) is 18.2 Å². The minimum Gasteiger partial charge on any atom is -0.451 e. The van der Waals surface area contributed by atoms with Crippen LogP contribution in [0.15, 0.2) is 28.7 Å². The number of nitrogens with two attached hydrogens (primary N) is 1. The maximum atomic E-state index is 12.6. The Kier molecular flexibility index (Phi) is 3.84. The smallest absolute Gasteiger partial charge is 0.289 e. The number of benzene rings is 1. The van der Waals surface area contributed by atoms with Gasteiger partial charge >= 0.3 is 0 Å². The third-order valence-electron chi connectivity index (χ3n) is 4.08. The van der Waals surface area contributed by atoms with Crippen molar-refractivity contribution in [3.05, 3.63) is 30.0 Å². The number of amides is 1. The molecule has 0 aliphatic carbocycles. The molecule has 1 aromatic heterocycles. The van der Waals surface area contributed by atoms with Gasteiger partial charge in [0.1, 0.15) is 5.58 Å². The third-order valence-corrected chi connectivity index (χ3v) is 4.08. The Labute approximate surface area is 123 Å². The van der Waals surface area contributed by atoms with Crippen molar-refractivity contribution in [1.82, 2.24) is 4.90 Å². The first-order valence-corrected chi connectivity index (χ1v) is 7.40. The average molecular weight is 288 g/mol. The number of aliphatic hydroxyl groups excluding tert-OH is 1. The quantitative estimate of drug-likeness (QED) is 0.847. The molecule has 0 bridgehead atoms. The van der Waals surface area contributed by atoms with Crippen LogP contribution < -0.4 is 5.73 Å². The van der Waals surface area contributed by atoms with Gasteiger partial charge in [0.05, 0.1) is 0 Å². The monoisotopic (exact) mass is 288 g/mol. The molecule has 21 heavy (non-hydrogen) atoms. The number of hydrogen-bond acceptors (Lipinski definition) is 4. The van der Waals surface area contributed by atoms with Crippen molar-refractivity contribution in [2.75, 3.05) is 18.9 Å². The number of likely N-dealkylation sites (tertiary alicyclic amines) is 1. The van der Waals surface area contributed by atoms with Gasteiger partial charge in [0.25, 0.3) is 5.91 Å². The predicted octanol–water partition coefficient (Wildman–Crippen LogP) is 2.39. The van der Waals surface area contributed by atoms with E-state index in [1.165, 1.54) is 0 Å². The number of fused-ring (bicyclic) bond motifs is 1. The first-order chi connectivity index (χ1) is 10.2. The average Bonchev–Trinajstić information content (AvgIpc) is 3.10. The zero-order chi connectivity index (χ0) is 14.8. The summed E-state index contributed by atoms with van der Waals surface area (Å²) in [5, 5.41) is 9.81. The molecule has 0 spiro atoms. The van der Waals surface area contributed by atoms with Gasteiger partial charge in [-0.15, -0.1) is 0 Å². The number of carbonyl (C=O) groups excluding carboxylic acids is 1. The molecule has 1 aliphatic heterocycles. The number of hydrogen-bond donors (Lipinski definition) is 2. The van der Waals surface area contributed by atoms with Crippen LogP contribution in [0.25, 0.3) is 11.0 Å². The second-order valence-electron chi connectivity index (χ2n) is 5.57. The summed E-state index contributed by atoms with van der Waals surface area (Å²) < 4.78 is 5.65. The number of anilines is 1. The van der Waals surface area contributed by atoms with E-state index in [1.807, 2.05) is 11.0 Å². The molecule has 1 amide bonds. The van der Waals surface area contributed by atoms with Crippen molar-refractivity contribution in [2.24, 2.45) is 0 Å². The van der Waals surface area contributed by atoms with Gasteiger partial charge in [-0.05, 0) is 49.9 Å². The molecule has 5 nitrogen and oxygen atoms in total. The second kappa shape index (κ2) is 5.77. The largest absolute Gasteiger partial charge is 0.451 e. The molecular weight excluding hydrogens is 268 g/mol. The number of carbonyl (C=O) groups is 1. The number of furan rings is 1. The summed E-state index contributed by atoms with van der Waals surface area (Å²) in [4.78, 5) is 14.5. The third kappa shape index (κ3) is 2.74. The molecule has 3 rings (SSSR count). The normalized spacial score (nSPS) is 18.5. The number of rotatable bonds is 4.